The smallest absolute Gasteiger partial charge is 0.259 e. The quantitative estimate of drug-likeness (QED) is 0.173. The molecule has 0 saturated carbocycles. The number of unbranched alkanes of at least 4 members (excludes halogenated alkanes) is 1. The topological polar surface area (TPSA) is 69.7 Å². The van der Waals surface area contributed by atoms with Gasteiger partial charge in [0.1, 0.15) is 0 Å². The molecule has 5 rings (SSSR count). The van der Waals surface area contributed by atoms with Gasteiger partial charge in [-0.3, -0.25) is 14.5 Å². The number of hydrogen-bond acceptors (Lipinski definition) is 4. The monoisotopic (exact) mass is 613 g/mol. The summed E-state index contributed by atoms with van der Waals surface area (Å²) < 4.78 is 13.7. The van der Waals surface area contributed by atoms with Crippen molar-refractivity contribution in [3.63, 3.8) is 0 Å². The number of benzene rings is 4. The van der Waals surface area contributed by atoms with E-state index in [1.54, 1.807) is 59.5 Å². The van der Waals surface area contributed by atoms with Gasteiger partial charge < -0.3 is 10.2 Å². The third-order valence-electron chi connectivity index (χ3n) is 7.52. The van der Waals surface area contributed by atoms with Crippen LogP contribution >= 0.6 is 11.6 Å². The zero-order valence-corrected chi connectivity index (χ0v) is 25.9. The molecule has 1 heterocycles. The SMILES string of the molecule is CCCCN(CCCNC(=O)c1ccc2c(c1)N(Cc1cccc(Cl)c1)C(=O)c1ccccc1S2=O)Cc1ccccc1. The third kappa shape index (κ3) is 7.60. The molecule has 222 valence electrons. The molecule has 0 bridgehead atoms. The molecule has 1 unspecified atom stereocenters. The molecule has 1 N–H and O–H groups in total. The highest BCUT2D eigenvalue weighted by Crippen LogP contribution is 2.36. The molecule has 1 aliphatic heterocycles. The van der Waals surface area contributed by atoms with Gasteiger partial charge >= 0.3 is 0 Å². The Labute approximate surface area is 261 Å². The number of nitrogens with zero attached hydrogens (tertiary/aromatic N) is 2. The fourth-order valence-corrected chi connectivity index (χ4v) is 6.84. The molecular weight excluding hydrogens is 578 g/mol. The summed E-state index contributed by atoms with van der Waals surface area (Å²) >= 11 is 6.24. The Hall–Kier alpha value is -3.78. The van der Waals surface area contributed by atoms with E-state index in [1.165, 1.54) is 5.56 Å². The number of fused-ring (bicyclic) bond motifs is 2. The summed E-state index contributed by atoms with van der Waals surface area (Å²) in [4.78, 5) is 32.1. The normalized spacial score (nSPS) is 14.3. The summed E-state index contributed by atoms with van der Waals surface area (Å²) in [5, 5.41) is 3.61. The Morgan fingerprint density at radius 1 is 0.860 bits per heavy atom. The van der Waals surface area contributed by atoms with Crippen molar-refractivity contribution < 1.29 is 13.8 Å². The van der Waals surface area contributed by atoms with E-state index in [0.29, 0.717) is 38.2 Å². The van der Waals surface area contributed by atoms with Gasteiger partial charge in [0.2, 0.25) is 0 Å². The first-order valence-electron chi connectivity index (χ1n) is 14.7. The summed E-state index contributed by atoms with van der Waals surface area (Å²) in [6.45, 7) is 5.71. The largest absolute Gasteiger partial charge is 0.352 e. The van der Waals surface area contributed by atoms with Gasteiger partial charge in [0.05, 0.1) is 38.4 Å². The maximum Gasteiger partial charge on any atom is 0.259 e. The third-order valence-corrected chi connectivity index (χ3v) is 9.25. The molecular formula is C35H36ClN3O3S. The van der Waals surface area contributed by atoms with E-state index >= 15 is 0 Å². The van der Waals surface area contributed by atoms with Gasteiger partial charge in [-0.15, -0.1) is 0 Å². The highest BCUT2D eigenvalue weighted by molar-refractivity contribution is 7.85. The lowest BCUT2D eigenvalue weighted by atomic mass is 10.1. The van der Waals surface area contributed by atoms with Crippen LogP contribution in [0.3, 0.4) is 0 Å². The first-order valence-corrected chi connectivity index (χ1v) is 16.2. The van der Waals surface area contributed by atoms with Crippen LogP contribution in [0.1, 0.15) is 58.0 Å². The molecule has 1 atom stereocenters. The van der Waals surface area contributed by atoms with Crippen molar-refractivity contribution in [2.75, 3.05) is 24.5 Å². The van der Waals surface area contributed by atoms with E-state index in [0.717, 1.165) is 44.5 Å². The minimum absolute atomic E-state index is 0.220. The Morgan fingerprint density at radius 2 is 1.60 bits per heavy atom. The van der Waals surface area contributed by atoms with Crippen LogP contribution in [0.4, 0.5) is 5.69 Å². The van der Waals surface area contributed by atoms with Crippen LogP contribution in [0.15, 0.2) is 107 Å². The van der Waals surface area contributed by atoms with Crippen LogP contribution < -0.4 is 10.2 Å². The van der Waals surface area contributed by atoms with Crippen LogP contribution in [0.5, 0.6) is 0 Å². The van der Waals surface area contributed by atoms with Gasteiger partial charge in [-0.05, 0) is 73.0 Å². The lowest BCUT2D eigenvalue weighted by Gasteiger charge is -2.24. The van der Waals surface area contributed by atoms with Crippen LogP contribution in [-0.2, 0) is 23.9 Å². The second-order valence-electron chi connectivity index (χ2n) is 10.7. The fourth-order valence-electron chi connectivity index (χ4n) is 5.28. The lowest BCUT2D eigenvalue weighted by Crippen LogP contribution is -2.32. The van der Waals surface area contributed by atoms with Crippen molar-refractivity contribution in [2.45, 2.75) is 49.1 Å². The summed E-state index contributed by atoms with van der Waals surface area (Å²) in [6.07, 6.45) is 3.07. The molecule has 0 spiro atoms. The standard InChI is InChI=1S/C35H36ClN3O3S/c1-2-3-20-38(24-26-11-5-4-6-12-26)21-10-19-37-34(40)28-17-18-33-31(23-28)39(25-27-13-9-14-29(36)22-27)35(41)30-15-7-8-16-32(30)43(33)42/h4-9,11-18,22-23H,2-3,10,19-21,24-25H2,1H3,(H,37,40). The van der Waals surface area contributed by atoms with Crippen molar-refractivity contribution in [1.29, 1.82) is 0 Å². The molecule has 0 radical (unpaired) electrons. The number of nitrogens with one attached hydrogen (secondary N) is 1. The van der Waals surface area contributed by atoms with E-state index in [9.17, 15) is 13.8 Å². The van der Waals surface area contributed by atoms with Gasteiger partial charge in [0.25, 0.3) is 11.8 Å². The zero-order chi connectivity index (χ0) is 30.2. The van der Waals surface area contributed by atoms with E-state index in [2.05, 4.69) is 41.4 Å². The van der Waals surface area contributed by atoms with E-state index < -0.39 is 10.8 Å². The molecule has 2 amide bonds. The number of carbonyl (C=O) groups is 2. The molecule has 4 aromatic rings. The maximum absolute atomic E-state index is 13.8. The fraction of sp³-hybridized carbons (Fsp3) is 0.257. The predicted octanol–water partition coefficient (Wildman–Crippen LogP) is 7.09. The number of carbonyl (C=O) groups excluding carboxylic acids is 2. The van der Waals surface area contributed by atoms with Crippen LogP contribution in [-0.4, -0.2) is 40.6 Å². The second kappa shape index (κ2) is 14.6. The first-order chi connectivity index (χ1) is 20.9. The average Bonchev–Trinajstić information content (AvgIpc) is 3.11. The van der Waals surface area contributed by atoms with Crippen molar-refractivity contribution in [2.24, 2.45) is 0 Å². The highest BCUT2D eigenvalue weighted by atomic mass is 35.5. The number of hydrogen-bond donors (Lipinski definition) is 1. The second-order valence-corrected chi connectivity index (χ2v) is 12.5. The van der Waals surface area contributed by atoms with Crippen molar-refractivity contribution in [1.82, 2.24) is 10.2 Å². The highest BCUT2D eigenvalue weighted by Gasteiger charge is 2.31. The lowest BCUT2D eigenvalue weighted by molar-refractivity contribution is 0.0947. The van der Waals surface area contributed by atoms with Gasteiger partial charge in [-0.25, -0.2) is 4.21 Å². The number of amides is 2. The predicted molar refractivity (Wildman–Crippen MR) is 173 cm³/mol. The molecule has 0 aliphatic carbocycles. The van der Waals surface area contributed by atoms with Crippen molar-refractivity contribution in [3.8, 4) is 0 Å². The molecule has 0 saturated heterocycles. The molecule has 43 heavy (non-hydrogen) atoms. The average molecular weight is 614 g/mol. The summed E-state index contributed by atoms with van der Waals surface area (Å²) in [6, 6.07) is 29.8. The van der Waals surface area contributed by atoms with E-state index in [1.807, 2.05) is 18.2 Å². The van der Waals surface area contributed by atoms with Crippen LogP contribution in [0, 0.1) is 0 Å². The Morgan fingerprint density at radius 3 is 2.40 bits per heavy atom. The molecule has 1 aliphatic rings. The number of halogens is 1. The Kier molecular flexibility index (Phi) is 10.4. The zero-order valence-electron chi connectivity index (χ0n) is 24.3. The molecule has 8 heteroatoms. The Bertz CT molecular complexity index is 1610. The van der Waals surface area contributed by atoms with Crippen molar-refractivity contribution in [3.05, 3.63) is 124 Å². The van der Waals surface area contributed by atoms with Gasteiger partial charge in [-0.1, -0.05) is 79.5 Å². The summed E-state index contributed by atoms with van der Waals surface area (Å²) in [5.41, 5.74) is 3.37. The minimum Gasteiger partial charge on any atom is -0.352 e. The van der Waals surface area contributed by atoms with E-state index in [-0.39, 0.29) is 18.4 Å². The van der Waals surface area contributed by atoms with Gasteiger partial charge in [0.15, 0.2) is 0 Å². The molecule has 0 aromatic heterocycles. The minimum atomic E-state index is -1.59. The first kappa shape index (κ1) is 30.7. The van der Waals surface area contributed by atoms with Crippen LogP contribution in [0.2, 0.25) is 5.02 Å². The Balaban J connectivity index is 1.32. The van der Waals surface area contributed by atoms with Crippen molar-refractivity contribution >= 4 is 39.9 Å². The molecule has 6 nitrogen and oxygen atoms in total. The summed E-state index contributed by atoms with van der Waals surface area (Å²) in [5.74, 6) is -0.500. The van der Waals surface area contributed by atoms with Crippen LogP contribution in [0.25, 0.3) is 0 Å². The molecule has 4 aromatic carbocycles. The number of anilines is 1. The summed E-state index contributed by atoms with van der Waals surface area (Å²) in [7, 11) is -1.59. The van der Waals surface area contributed by atoms with E-state index in [4.69, 9.17) is 11.6 Å². The number of rotatable bonds is 12. The van der Waals surface area contributed by atoms with Gasteiger partial charge in [0, 0.05) is 30.2 Å². The molecule has 0 fully saturated rings. The maximum atomic E-state index is 13.8. The van der Waals surface area contributed by atoms with Gasteiger partial charge in [-0.2, -0.15) is 0 Å².